The monoisotopic (exact) mass is 484 g/mol. The van der Waals surface area contributed by atoms with Crippen LogP contribution in [0.1, 0.15) is 59.0 Å². The topological polar surface area (TPSA) is 96.5 Å². The van der Waals surface area contributed by atoms with E-state index in [1.165, 1.54) is 30.9 Å². The maximum Gasteiger partial charge on any atom is 0.251 e. The van der Waals surface area contributed by atoms with Gasteiger partial charge in [-0.3, -0.25) is 4.79 Å². The number of rotatable bonds is 5. The fraction of sp³-hybridized carbons (Fsp3) is 0.250. The van der Waals surface area contributed by atoms with Gasteiger partial charge in [0.15, 0.2) is 11.6 Å². The van der Waals surface area contributed by atoms with Crippen LogP contribution < -0.4 is 5.32 Å². The van der Waals surface area contributed by atoms with Crippen LogP contribution in [0.25, 0.3) is 5.82 Å². The molecule has 2 heterocycles. The van der Waals surface area contributed by atoms with Gasteiger partial charge >= 0.3 is 0 Å². The van der Waals surface area contributed by atoms with E-state index in [1.54, 1.807) is 16.8 Å². The number of carbonyl (C=O) groups is 1. The summed E-state index contributed by atoms with van der Waals surface area (Å²) in [5.41, 5.74) is 2.36. The molecule has 2 aromatic heterocycles. The molecule has 3 aromatic rings. The average Bonchev–Trinajstić information content (AvgIpc) is 3.44. The van der Waals surface area contributed by atoms with Crippen molar-refractivity contribution in [3.05, 3.63) is 68.9 Å². The maximum atomic E-state index is 12.8. The molecule has 1 amide bonds. The normalized spacial score (nSPS) is 14.3. The first-order valence-electron chi connectivity index (χ1n) is 8.93. The number of hydrogen-bond donors (Lipinski definition) is 1. The number of nitrogens with one attached hydrogen (secondary N) is 1. The van der Waals surface area contributed by atoms with Gasteiger partial charge in [0.05, 0.1) is 11.6 Å². The van der Waals surface area contributed by atoms with Gasteiger partial charge in [0.25, 0.3) is 5.91 Å². The van der Waals surface area contributed by atoms with E-state index < -0.39 is 0 Å². The molecule has 1 aromatic carbocycles. The van der Waals surface area contributed by atoms with Gasteiger partial charge < -0.3 is 5.32 Å². The minimum atomic E-state index is -0.366. The SMILES string of the molecule is C[C@H](NC(=O)c1cc(I)cc(C2CC2)c1)c1ncnn1-c1ccc(C#N)cn1. The minimum absolute atomic E-state index is 0.143. The van der Waals surface area contributed by atoms with Crippen molar-refractivity contribution in [2.45, 2.75) is 31.7 Å². The van der Waals surface area contributed by atoms with Crippen molar-refractivity contribution in [3.8, 4) is 11.9 Å². The lowest BCUT2D eigenvalue weighted by Gasteiger charge is -2.15. The number of carbonyl (C=O) groups excluding carboxylic acids is 1. The second-order valence-corrected chi connectivity index (χ2v) is 8.04. The summed E-state index contributed by atoms with van der Waals surface area (Å²) in [5.74, 6) is 1.55. The summed E-state index contributed by atoms with van der Waals surface area (Å²) in [6, 6.07) is 11.1. The summed E-state index contributed by atoms with van der Waals surface area (Å²) >= 11 is 2.25. The van der Waals surface area contributed by atoms with Crippen molar-refractivity contribution in [3.63, 3.8) is 0 Å². The Labute approximate surface area is 176 Å². The molecule has 0 aliphatic heterocycles. The molecule has 140 valence electrons. The predicted octanol–water partition coefficient (Wildman–Crippen LogP) is 3.51. The molecule has 1 saturated carbocycles. The van der Waals surface area contributed by atoms with Gasteiger partial charge in [-0.1, -0.05) is 0 Å². The highest BCUT2D eigenvalue weighted by atomic mass is 127. The molecule has 0 unspecified atom stereocenters. The number of aromatic nitrogens is 4. The fourth-order valence-corrected chi connectivity index (χ4v) is 3.74. The Bertz CT molecular complexity index is 1070. The predicted molar refractivity (Wildman–Crippen MR) is 111 cm³/mol. The molecule has 1 aliphatic rings. The van der Waals surface area contributed by atoms with Crippen molar-refractivity contribution in [2.24, 2.45) is 0 Å². The summed E-state index contributed by atoms with van der Waals surface area (Å²) in [6.45, 7) is 1.86. The molecule has 1 N–H and O–H groups in total. The molecular formula is C20H17IN6O. The van der Waals surface area contributed by atoms with Gasteiger partial charge in [-0.15, -0.1) is 0 Å². The van der Waals surface area contributed by atoms with Crippen LogP contribution in [0.5, 0.6) is 0 Å². The molecule has 0 spiro atoms. The molecule has 0 bridgehead atoms. The van der Waals surface area contributed by atoms with E-state index >= 15 is 0 Å². The van der Waals surface area contributed by atoms with Crippen LogP contribution in [0, 0.1) is 14.9 Å². The van der Waals surface area contributed by atoms with Crippen molar-refractivity contribution in [1.29, 1.82) is 5.26 Å². The van der Waals surface area contributed by atoms with Crippen LogP contribution in [-0.4, -0.2) is 25.7 Å². The first-order chi connectivity index (χ1) is 13.5. The molecular weight excluding hydrogens is 467 g/mol. The van der Waals surface area contributed by atoms with E-state index in [4.69, 9.17) is 5.26 Å². The van der Waals surface area contributed by atoms with Gasteiger partial charge in [0, 0.05) is 15.3 Å². The molecule has 8 heteroatoms. The zero-order valence-electron chi connectivity index (χ0n) is 15.1. The number of halogens is 1. The highest BCUT2D eigenvalue weighted by molar-refractivity contribution is 14.1. The van der Waals surface area contributed by atoms with Crippen molar-refractivity contribution >= 4 is 28.5 Å². The van der Waals surface area contributed by atoms with Crippen LogP contribution in [0.2, 0.25) is 0 Å². The Kier molecular flexibility index (Phi) is 5.09. The van der Waals surface area contributed by atoms with E-state index in [2.05, 4.69) is 49.0 Å². The van der Waals surface area contributed by atoms with E-state index in [0.29, 0.717) is 28.7 Å². The largest absolute Gasteiger partial charge is 0.342 e. The Morgan fingerprint density at radius 1 is 1.32 bits per heavy atom. The van der Waals surface area contributed by atoms with Crippen LogP contribution >= 0.6 is 22.6 Å². The quantitative estimate of drug-likeness (QED) is 0.560. The van der Waals surface area contributed by atoms with Gasteiger partial charge in [-0.2, -0.15) is 15.0 Å². The fourth-order valence-electron chi connectivity index (χ4n) is 3.04. The van der Waals surface area contributed by atoms with Crippen LogP contribution in [0.15, 0.2) is 42.9 Å². The third kappa shape index (κ3) is 3.89. The van der Waals surface area contributed by atoms with E-state index in [-0.39, 0.29) is 11.9 Å². The number of nitriles is 1. The van der Waals surface area contributed by atoms with Gasteiger partial charge in [-0.25, -0.2) is 9.97 Å². The zero-order chi connectivity index (χ0) is 19.7. The molecule has 28 heavy (non-hydrogen) atoms. The summed E-state index contributed by atoms with van der Waals surface area (Å²) in [7, 11) is 0. The first-order valence-corrected chi connectivity index (χ1v) is 10.0. The third-order valence-corrected chi connectivity index (χ3v) is 5.26. The summed E-state index contributed by atoms with van der Waals surface area (Å²) in [5, 5.41) is 16.1. The highest BCUT2D eigenvalue weighted by Crippen LogP contribution is 2.40. The van der Waals surface area contributed by atoms with Crippen LogP contribution in [0.4, 0.5) is 0 Å². The number of amides is 1. The second-order valence-electron chi connectivity index (χ2n) is 6.79. The van der Waals surface area contributed by atoms with Crippen molar-refractivity contribution in [1.82, 2.24) is 25.1 Å². The Balaban J connectivity index is 1.54. The zero-order valence-corrected chi connectivity index (χ0v) is 17.3. The molecule has 1 fully saturated rings. The Hall–Kier alpha value is -2.80. The molecule has 1 aliphatic carbocycles. The van der Waals surface area contributed by atoms with Crippen molar-refractivity contribution in [2.75, 3.05) is 0 Å². The third-order valence-electron chi connectivity index (χ3n) is 4.63. The van der Waals surface area contributed by atoms with E-state index in [9.17, 15) is 4.79 Å². The maximum absolute atomic E-state index is 12.8. The van der Waals surface area contributed by atoms with Gasteiger partial charge in [-0.05, 0) is 84.2 Å². The second kappa shape index (κ2) is 7.67. The lowest BCUT2D eigenvalue weighted by atomic mass is 10.1. The number of nitrogens with zero attached hydrogens (tertiary/aromatic N) is 5. The number of hydrogen-bond acceptors (Lipinski definition) is 5. The number of benzene rings is 1. The summed E-state index contributed by atoms with van der Waals surface area (Å²) < 4.78 is 2.63. The molecule has 1 atom stereocenters. The molecule has 0 radical (unpaired) electrons. The van der Waals surface area contributed by atoms with Gasteiger partial charge in [0.2, 0.25) is 0 Å². The molecule has 0 saturated heterocycles. The van der Waals surface area contributed by atoms with Crippen molar-refractivity contribution < 1.29 is 4.79 Å². The lowest BCUT2D eigenvalue weighted by Crippen LogP contribution is -2.29. The average molecular weight is 484 g/mol. The van der Waals surface area contributed by atoms with E-state index in [1.807, 2.05) is 25.1 Å². The highest BCUT2D eigenvalue weighted by Gasteiger charge is 2.25. The molecule has 4 rings (SSSR count). The van der Waals surface area contributed by atoms with E-state index in [0.717, 1.165) is 3.57 Å². The first kappa shape index (κ1) is 18.6. The number of pyridine rings is 1. The Morgan fingerprint density at radius 3 is 2.82 bits per heavy atom. The molecule has 7 nitrogen and oxygen atoms in total. The minimum Gasteiger partial charge on any atom is -0.342 e. The van der Waals surface area contributed by atoms with Gasteiger partial charge in [0.1, 0.15) is 12.4 Å². The van der Waals surface area contributed by atoms with Crippen LogP contribution in [-0.2, 0) is 0 Å². The van der Waals surface area contributed by atoms with Crippen LogP contribution in [0.3, 0.4) is 0 Å². The standard InChI is InChI=1S/C20H17IN6O/c1-12(19-24-11-25-27(19)18-5-2-13(9-22)10-23-18)26-20(28)16-6-15(14-3-4-14)7-17(21)8-16/h2,5-8,10-12,14H,3-4H2,1H3,(H,26,28)/t12-/m0/s1. The Morgan fingerprint density at radius 2 is 2.14 bits per heavy atom. The summed E-state index contributed by atoms with van der Waals surface area (Å²) in [4.78, 5) is 21.3. The lowest BCUT2D eigenvalue weighted by molar-refractivity contribution is 0.0937. The summed E-state index contributed by atoms with van der Waals surface area (Å²) in [6.07, 6.45) is 5.29. The smallest absolute Gasteiger partial charge is 0.251 e.